The van der Waals surface area contributed by atoms with E-state index in [2.05, 4.69) is 11.6 Å². The van der Waals surface area contributed by atoms with Crippen LogP contribution in [0.4, 0.5) is 0 Å². The zero-order chi connectivity index (χ0) is 12.3. The predicted molar refractivity (Wildman–Crippen MR) is 70.4 cm³/mol. The first kappa shape index (κ1) is 11.9. The molecule has 1 aromatic heterocycles. The van der Waals surface area contributed by atoms with Gasteiger partial charge in [-0.3, -0.25) is 4.57 Å². The fraction of sp³-hybridized carbons (Fsp3) is 0.231. The Morgan fingerprint density at radius 3 is 3.06 bits per heavy atom. The number of hydrogen-bond donors (Lipinski definition) is 0. The molecule has 1 heterocycles. The molecule has 4 heteroatoms. The van der Waals surface area contributed by atoms with Crippen LogP contribution in [-0.4, -0.2) is 9.55 Å². The maximum atomic E-state index is 11.7. The Morgan fingerprint density at radius 2 is 2.29 bits per heavy atom. The van der Waals surface area contributed by atoms with Gasteiger partial charge in [-0.1, -0.05) is 17.7 Å². The molecule has 0 fully saturated rings. The summed E-state index contributed by atoms with van der Waals surface area (Å²) in [5, 5.41) is 1.55. The molecule has 17 heavy (non-hydrogen) atoms. The average Bonchev–Trinajstić information content (AvgIpc) is 2.32. The van der Waals surface area contributed by atoms with E-state index in [-0.39, 0.29) is 5.69 Å². The Hall–Kier alpha value is -1.61. The summed E-state index contributed by atoms with van der Waals surface area (Å²) < 4.78 is 1.66. The number of allylic oxidation sites excluding steroid dienone is 1. The quantitative estimate of drug-likeness (QED) is 0.616. The van der Waals surface area contributed by atoms with Crippen molar-refractivity contribution in [3.63, 3.8) is 0 Å². The molecule has 0 N–H and O–H groups in total. The van der Waals surface area contributed by atoms with E-state index in [0.717, 1.165) is 23.7 Å². The van der Waals surface area contributed by atoms with Gasteiger partial charge in [-0.2, -0.15) is 0 Å². The van der Waals surface area contributed by atoms with E-state index in [4.69, 9.17) is 11.6 Å². The first-order chi connectivity index (χ1) is 8.22. The number of unbranched alkanes of at least 4 members (excludes halogenated alkanes) is 1. The Kier molecular flexibility index (Phi) is 3.59. The zero-order valence-corrected chi connectivity index (χ0v) is 10.2. The highest BCUT2D eigenvalue weighted by Gasteiger charge is 2.04. The smallest absolute Gasteiger partial charge is 0.292 e. The molecule has 0 saturated heterocycles. The molecule has 0 aliphatic heterocycles. The van der Waals surface area contributed by atoms with Gasteiger partial charge in [0.25, 0.3) is 0 Å². The standard InChI is InChI=1S/C13H13ClN2O/c1-2-3-4-7-16-12-8-11(14)6-5-10(12)9-15-13(16)17/h2,5-6,8-9H,1,3-4,7H2. The number of aryl methyl sites for hydroxylation is 1. The van der Waals surface area contributed by atoms with Crippen LogP contribution in [0.25, 0.3) is 10.9 Å². The van der Waals surface area contributed by atoms with Crippen molar-refractivity contribution >= 4 is 22.5 Å². The summed E-state index contributed by atoms with van der Waals surface area (Å²) >= 11 is 5.95. The van der Waals surface area contributed by atoms with Gasteiger partial charge in [0.2, 0.25) is 0 Å². The second kappa shape index (κ2) is 5.15. The van der Waals surface area contributed by atoms with Crippen LogP contribution in [0, 0.1) is 0 Å². The SMILES string of the molecule is C=CCCCn1c(=O)ncc2ccc(Cl)cc21. The van der Waals surface area contributed by atoms with E-state index >= 15 is 0 Å². The van der Waals surface area contributed by atoms with Crippen LogP contribution in [0.3, 0.4) is 0 Å². The van der Waals surface area contributed by atoms with Crippen molar-refractivity contribution in [3.8, 4) is 0 Å². The van der Waals surface area contributed by atoms with Crippen LogP contribution in [0.5, 0.6) is 0 Å². The number of halogens is 1. The van der Waals surface area contributed by atoms with Crippen LogP contribution in [0.2, 0.25) is 5.02 Å². The lowest BCUT2D eigenvalue weighted by Crippen LogP contribution is -2.22. The maximum absolute atomic E-state index is 11.7. The molecule has 1 aromatic carbocycles. The lowest BCUT2D eigenvalue weighted by molar-refractivity contribution is 0.635. The first-order valence-corrected chi connectivity index (χ1v) is 5.86. The lowest BCUT2D eigenvalue weighted by Gasteiger charge is -2.08. The molecule has 2 rings (SSSR count). The Balaban J connectivity index is 2.50. The van der Waals surface area contributed by atoms with Crippen LogP contribution in [0.15, 0.2) is 41.8 Å². The summed E-state index contributed by atoms with van der Waals surface area (Å²) in [5.41, 5.74) is 0.602. The van der Waals surface area contributed by atoms with Gasteiger partial charge in [0, 0.05) is 23.2 Å². The first-order valence-electron chi connectivity index (χ1n) is 5.48. The fourth-order valence-corrected chi connectivity index (χ4v) is 1.93. The van der Waals surface area contributed by atoms with Crippen molar-refractivity contribution in [1.82, 2.24) is 9.55 Å². The third kappa shape index (κ3) is 2.56. The number of hydrogen-bond acceptors (Lipinski definition) is 2. The molecule has 0 bridgehead atoms. The van der Waals surface area contributed by atoms with Gasteiger partial charge >= 0.3 is 5.69 Å². The minimum absolute atomic E-state index is 0.233. The minimum atomic E-state index is -0.233. The van der Waals surface area contributed by atoms with Crippen LogP contribution >= 0.6 is 11.6 Å². The zero-order valence-electron chi connectivity index (χ0n) is 9.40. The minimum Gasteiger partial charge on any atom is -0.292 e. The molecule has 0 saturated carbocycles. The highest BCUT2D eigenvalue weighted by Crippen LogP contribution is 2.17. The number of fused-ring (bicyclic) bond motifs is 1. The van der Waals surface area contributed by atoms with Gasteiger partial charge < -0.3 is 0 Å². The Labute approximate surface area is 104 Å². The van der Waals surface area contributed by atoms with Gasteiger partial charge in [-0.25, -0.2) is 9.78 Å². The Morgan fingerprint density at radius 1 is 1.47 bits per heavy atom. The summed E-state index contributed by atoms with van der Waals surface area (Å²) in [6, 6.07) is 5.46. The second-order valence-corrected chi connectivity index (χ2v) is 4.26. The molecular formula is C13H13ClN2O. The summed E-state index contributed by atoms with van der Waals surface area (Å²) in [4.78, 5) is 15.6. The molecule has 0 amide bonds. The van der Waals surface area contributed by atoms with E-state index in [0.29, 0.717) is 11.6 Å². The molecule has 0 radical (unpaired) electrons. The monoisotopic (exact) mass is 248 g/mol. The lowest BCUT2D eigenvalue weighted by atomic mass is 10.2. The number of benzene rings is 1. The number of aromatic nitrogens is 2. The molecule has 88 valence electrons. The molecule has 2 aromatic rings. The topological polar surface area (TPSA) is 34.9 Å². The largest absolute Gasteiger partial charge is 0.348 e. The molecule has 3 nitrogen and oxygen atoms in total. The third-order valence-electron chi connectivity index (χ3n) is 2.62. The summed E-state index contributed by atoms with van der Waals surface area (Å²) in [7, 11) is 0. The normalized spacial score (nSPS) is 10.6. The van der Waals surface area contributed by atoms with Gasteiger partial charge in [0.15, 0.2) is 0 Å². The maximum Gasteiger partial charge on any atom is 0.348 e. The molecule has 0 aliphatic carbocycles. The molecule has 0 aliphatic rings. The van der Waals surface area contributed by atoms with Gasteiger partial charge in [0.1, 0.15) is 0 Å². The predicted octanol–water partition coefficient (Wildman–Crippen LogP) is 3.02. The number of nitrogens with zero attached hydrogens (tertiary/aromatic N) is 2. The van der Waals surface area contributed by atoms with Crippen molar-refractivity contribution in [2.75, 3.05) is 0 Å². The van der Waals surface area contributed by atoms with Crippen LogP contribution in [0.1, 0.15) is 12.8 Å². The van der Waals surface area contributed by atoms with E-state index in [1.54, 1.807) is 22.9 Å². The summed E-state index contributed by atoms with van der Waals surface area (Å²) in [5.74, 6) is 0. The van der Waals surface area contributed by atoms with E-state index in [9.17, 15) is 4.79 Å². The van der Waals surface area contributed by atoms with E-state index in [1.807, 2.05) is 12.1 Å². The van der Waals surface area contributed by atoms with Crippen molar-refractivity contribution in [2.45, 2.75) is 19.4 Å². The van der Waals surface area contributed by atoms with Crippen LogP contribution < -0.4 is 5.69 Å². The number of rotatable bonds is 4. The molecular weight excluding hydrogens is 236 g/mol. The van der Waals surface area contributed by atoms with Crippen molar-refractivity contribution < 1.29 is 0 Å². The van der Waals surface area contributed by atoms with Crippen LogP contribution in [-0.2, 0) is 6.54 Å². The molecule has 0 atom stereocenters. The highest BCUT2D eigenvalue weighted by molar-refractivity contribution is 6.31. The third-order valence-corrected chi connectivity index (χ3v) is 2.85. The van der Waals surface area contributed by atoms with Crippen molar-refractivity contribution in [1.29, 1.82) is 0 Å². The summed E-state index contributed by atoms with van der Waals surface area (Å²) in [6.07, 6.45) is 5.18. The fourth-order valence-electron chi connectivity index (χ4n) is 1.77. The van der Waals surface area contributed by atoms with E-state index in [1.165, 1.54) is 0 Å². The second-order valence-electron chi connectivity index (χ2n) is 3.83. The van der Waals surface area contributed by atoms with Crippen molar-refractivity contribution in [2.24, 2.45) is 0 Å². The van der Waals surface area contributed by atoms with Crippen molar-refractivity contribution in [3.05, 3.63) is 52.6 Å². The van der Waals surface area contributed by atoms with Gasteiger partial charge in [-0.05, 0) is 31.0 Å². The Bertz CT molecular complexity index is 604. The van der Waals surface area contributed by atoms with Gasteiger partial charge in [0.05, 0.1) is 5.52 Å². The molecule has 0 unspecified atom stereocenters. The summed E-state index contributed by atoms with van der Waals surface area (Å²) in [6.45, 7) is 4.30. The highest BCUT2D eigenvalue weighted by atomic mass is 35.5. The average molecular weight is 249 g/mol. The molecule has 0 spiro atoms. The van der Waals surface area contributed by atoms with Gasteiger partial charge in [-0.15, -0.1) is 6.58 Å². The van der Waals surface area contributed by atoms with E-state index < -0.39 is 0 Å².